The molecule has 1 aromatic heterocycles. The van der Waals surface area contributed by atoms with Gasteiger partial charge in [0.15, 0.2) is 0 Å². The van der Waals surface area contributed by atoms with Crippen LogP contribution in [0.3, 0.4) is 0 Å². The van der Waals surface area contributed by atoms with Gasteiger partial charge in [-0.15, -0.1) is 0 Å². The molecule has 0 spiro atoms. The second-order valence-electron chi connectivity index (χ2n) is 3.24. The molecule has 1 heterocycles. The van der Waals surface area contributed by atoms with Crippen molar-refractivity contribution in [3.63, 3.8) is 0 Å². The second kappa shape index (κ2) is 4.21. The van der Waals surface area contributed by atoms with E-state index in [4.69, 9.17) is 11.6 Å². The minimum atomic E-state index is -1.20. The van der Waals surface area contributed by atoms with Crippen LogP contribution in [-0.2, 0) is 10.8 Å². The van der Waals surface area contributed by atoms with Gasteiger partial charge >= 0.3 is 0 Å². The molecule has 1 aromatic carbocycles. The Kier molecular flexibility index (Phi) is 2.93. The summed E-state index contributed by atoms with van der Waals surface area (Å²) in [6.45, 7) is 2.00. The summed E-state index contributed by atoms with van der Waals surface area (Å²) in [5.74, 6) is 0. The fraction of sp³-hybridized carbons (Fsp3) is 0.0909. The maximum Gasteiger partial charge on any atom is 0.122 e. The van der Waals surface area contributed by atoms with E-state index >= 15 is 0 Å². The normalized spacial score (nSPS) is 12.7. The molecule has 4 heteroatoms. The summed E-state index contributed by atoms with van der Waals surface area (Å²) in [4.78, 5) is 4.19. The molecule has 0 aliphatic rings. The first kappa shape index (κ1) is 10.5. The zero-order valence-electron chi connectivity index (χ0n) is 8.16. The lowest BCUT2D eigenvalue weighted by Crippen LogP contribution is -1.91. The zero-order chi connectivity index (χ0) is 10.8. The highest BCUT2D eigenvalue weighted by molar-refractivity contribution is 7.85. The third-order valence-corrected chi connectivity index (χ3v) is 3.96. The number of hydrogen-bond acceptors (Lipinski definition) is 1. The molecular weight excluding hydrogens is 230 g/mol. The molecule has 0 saturated carbocycles. The van der Waals surface area contributed by atoms with Gasteiger partial charge in [-0.05, 0) is 25.1 Å². The van der Waals surface area contributed by atoms with Crippen LogP contribution in [0.1, 0.15) is 5.56 Å². The van der Waals surface area contributed by atoms with Crippen LogP contribution in [0.5, 0.6) is 0 Å². The predicted molar refractivity (Wildman–Crippen MR) is 61.7 cm³/mol. The average Bonchev–Trinajstić information content (AvgIpc) is 2.65. The van der Waals surface area contributed by atoms with Gasteiger partial charge in [0, 0.05) is 11.1 Å². The molecule has 15 heavy (non-hydrogen) atoms. The highest BCUT2D eigenvalue weighted by Crippen LogP contribution is 2.22. The number of aryl methyl sites for hydroxylation is 1. The van der Waals surface area contributed by atoms with Crippen LogP contribution in [-0.4, -0.2) is 9.19 Å². The van der Waals surface area contributed by atoms with Crippen molar-refractivity contribution in [2.75, 3.05) is 0 Å². The summed E-state index contributed by atoms with van der Waals surface area (Å²) in [5, 5.41) is 0.439. The van der Waals surface area contributed by atoms with Gasteiger partial charge in [-0.3, -0.25) is 0 Å². The van der Waals surface area contributed by atoms with E-state index in [0.29, 0.717) is 10.0 Å². The number of aromatic amines is 1. The first-order chi connectivity index (χ1) is 7.18. The van der Waals surface area contributed by atoms with Crippen LogP contribution < -0.4 is 0 Å². The molecule has 0 amide bonds. The Hall–Kier alpha value is -1.06. The zero-order valence-corrected chi connectivity index (χ0v) is 9.73. The number of nitrogens with one attached hydrogen (secondary N) is 1. The quantitative estimate of drug-likeness (QED) is 0.858. The average molecular weight is 240 g/mol. The lowest BCUT2D eigenvalue weighted by Gasteiger charge is -2.00. The lowest BCUT2D eigenvalue weighted by molar-refractivity contribution is 0.683. The van der Waals surface area contributed by atoms with Crippen molar-refractivity contribution in [1.82, 2.24) is 4.98 Å². The van der Waals surface area contributed by atoms with E-state index in [1.807, 2.05) is 31.2 Å². The number of H-pyrrole nitrogens is 1. The molecule has 0 bridgehead atoms. The van der Waals surface area contributed by atoms with E-state index in [1.54, 1.807) is 12.3 Å². The van der Waals surface area contributed by atoms with Gasteiger partial charge in [-0.25, -0.2) is 4.21 Å². The van der Waals surface area contributed by atoms with Crippen molar-refractivity contribution in [2.24, 2.45) is 0 Å². The summed E-state index contributed by atoms with van der Waals surface area (Å²) in [5.41, 5.74) is 1.15. The molecule has 0 aliphatic heterocycles. The van der Waals surface area contributed by atoms with Crippen LogP contribution in [0, 0.1) is 6.92 Å². The molecule has 1 N–H and O–H groups in total. The Morgan fingerprint density at radius 2 is 1.87 bits per heavy atom. The number of benzene rings is 1. The fourth-order valence-electron chi connectivity index (χ4n) is 1.27. The predicted octanol–water partition coefficient (Wildman–Crippen LogP) is 3.14. The molecular formula is C11H10ClNOS. The molecule has 2 rings (SSSR count). The van der Waals surface area contributed by atoms with Crippen molar-refractivity contribution >= 4 is 22.4 Å². The summed E-state index contributed by atoms with van der Waals surface area (Å²) >= 11 is 5.87. The van der Waals surface area contributed by atoms with Crippen molar-refractivity contribution in [1.29, 1.82) is 0 Å². The van der Waals surface area contributed by atoms with Crippen molar-refractivity contribution in [3.8, 4) is 0 Å². The molecule has 2 nitrogen and oxygen atoms in total. The second-order valence-corrected chi connectivity index (χ2v) is 5.06. The number of rotatable bonds is 2. The molecule has 0 radical (unpaired) electrons. The Morgan fingerprint density at radius 3 is 2.40 bits per heavy atom. The largest absolute Gasteiger partial charge is 0.351 e. The fourth-order valence-corrected chi connectivity index (χ4v) is 2.65. The minimum absolute atomic E-state index is 0.439. The van der Waals surface area contributed by atoms with Gasteiger partial charge < -0.3 is 4.98 Å². The van der Waals surface area contributed by atoms with Crippen LogP contribution in [0.2, 0.25) is 5.15 Å². The first-order valence-electron chi connectivity index (χ1n) is 4.50. The third-order valence-electron chi connectivity index (χ3n) is 2.10. The van der Waals surface area contributed by atoms with Crippen LogP contribution in [0.15, 0.2) is 46.3 Å². The Morgan fingerprint density at radius 1 is 1.20 bits per heavy atom. The summed E-state index contributed by atoms with van der Waals surface area (Å²) in [6, 6.07) is 9.32. The van der Waals surface area contributed by atoms with E-state index in [-0.39, 0.29) is 0 Å². The van der Waals surface area contributed by atoms with E-state index in [9.17, 15) is 4.21 Å². The number of halogens is 1. The molecule has 0 fully saturated rings. The highest BCUT2D eigenvalue weighted by Gasteiger charge is 2.11. The van der Waals surface area contributed by atoms with Gasteiger partial charge in [0.05, 0.1) is 15.7 Å². The molecule has 2 aromatic rings. The molecule has 1 unspecified atom stereocenters. The maximum atomic E-state index is 12.0. The van der Waals surface area contributed by atoms with E-state index in [0.717, 1.165) is 10.5 Å². The molecule has 0 aliphatic carbocycles. The topological polar surface area (TPSA) is 32.9 Å². The smallest absolute Gasteiger partial charge is 0.122 e. The Bertz CT molecular complexity index is 490. The standard InChI is InChI=1S/C11H10ClNOS/c1-8-2-4-9(5-3-8)15(14)10-6-7-13-11(10)12/h2-7,13H,1H3. The summed E-state index contributed by atoms with van der Waals surface area (Å²) in [7, 11) is -1.20. The van der Waals surface area contributed by atoms with E-state index < -0.39 is 10.8 Å². The van der Waals surface area contributed by atoms with Crippen molar-refractivity contribution < 1.29 is 4.21 Å². The van der Waals surface area contributed by atoms with Gasteiger partial charge in [-0.1, -0.05) is 29.3 Å². The SMILES string of the molecule is Cc1ccc(S(=O)c2cc[nH]c2Cl)cc1. The lowest BCUT2D eigenvalue weighted by atomic mass is 10.2. The first-order valence-corrected chi connectivity index (χ1v) is 6.02. The third kappa shape index (κ3) is 2.13. The Labute approximate surface area is 95.7 Å². The van der Waals surface area contributed by atoms with Crippen molar-refractivity contribution in [2.45, 2.75) is 16.7 Å². The van der Waals surface area contributed by atoms with Gasteiger partial charge in [0.25, 0.3) is 0 Å². The number of hydrogen-bond donors (Lipinski definition) is 1. The van der Waals surface area contributed by atoms with Gasteiger partial charge in [-0.2, -0.15) is 0 Å². The van der Waals surface area contributed by atoms with Crippen LogP contribution in [0.25, 0.3) is 0 Å². The van der Waals surface area contributed by atoms with Crippen LogP contribution >= 0.6 is 11.6 Å². The minimum Gasteiger partial charge on any atom is -0.351 e. The number of aromatic nitrogens is 1. The molecule has 78 valence electrons. The summed E-state index contributed by atoms with van der Waals surface area (Å²) < 4.78 is 12.0. The highest BCUT2D eigenvalue weighted by atomic mass is 35.5. The van der Waals surface area contributed by atoms with Gasteiger partial charge in [0.1, 0.15) is 5.15 Å². The summed E-state index contributed by atoms with van der Waals surface area (Å²) in [6.07, 6.45) is 1.68. The van der Waals surface area contributed by atoms with Gasteiger partial charge in [0.2, 0.25) is 0 Å². The molecule has 1 atom stereocenters. The van der Waals surface area contributed by atoms with E-state index in [2.05, 4.69) is 4.98 Å². The molecule has 0 saturated heterocycles. The maximum absolute atomic E-state index is 12.0. The monoisotopic (exact) mass is 239 g/mol. The van der Waals surface area contributed by atoms with E-state index in [1.165, 1.54) is 0 Å². The van der Waals surface area contributed by atoms with Crippen molar-refractivity contribution in [3.05, 3.63) is 47.2 Å². The Balaban J connectivity index is 2.37. The van der Waals surface area contributed by atoms with Crippen LogP contribution in [0.4, 0.5) is 0 Å².